The zero-order chi connectivity index (χ0) is 13.1. The second-order valence-corrected chi connectivity index (χ2v) is 6.05. The van der Waals surface area contributed by atoms with Crippen molar-refractivity contribution in [1.29, 1.82) is 0 Å². The van der Waals surface area contributed by atoms with Crippen molar-refractivity contribution in [3.05, 3.63) is 56.1 Å². The molecule has 0 amide bonds. The largest absolute Gasteiger partial charge is 0.363 e. The van der Waals surface area contributed by atoms with Crippen LogP contribution in [0.15, 0.2) is 45.5 Å². The number of benzene rings is 1. The van der Waals surface area contributed by atoms with Crippen LogP contribution in [0.5, 0.6) is 0 Å². The van der Waals surface area contributed by atoms with Crippen LogP contribution in [-0.2, 0) is 0 Å². The fourth-order valence-corrected chi connectivity index (χ4v) is 3.03. The zero-order valence-electron chi connectivity index (χ0n) is 9.62. The minimum Gasteiger partial charge on any atom is -0.363 e. The number of anilines is 1. The second-order valence-electron chi connectivity index (χ2n) is 3.87. The summed E-state index contributed by atoms with van der Waals surface area (Å²) in [5.74, 6) is 0.797. The quantitative estimate of drug-likeness (QED) is 0.756. The van der Waals surface area contributed by atoms with Crippen molar-refractivity contribution in [2.75, 3.05) is 5.32 Å². The lowest BCUT2D eigenvalue weighted by molar-refractivity contribution is 0.873. The van der Waals surface area contributed by atoms with Gasteiger partial charge in [0.15, 0.2) is 0 Å². The minimum absolute atomic E-state index is 0.0867. The van der Waals surface area contributed by atoms with Crippen molar-refractivity contribution in [3.8, 4) is 0 Å². The van der Waals surface area contributed by atoms with E-state index in [0.29, 0.717) is 0 Å². The molecular formula is C13H11Br2ClN2. The zero-order valence-corrected chi connectivity index (χ0v) is 13.6. The molecule has 2 aromatic rings. The summed E-state index contributed by atoms with van der Waals surface area (Å²) in [4.78, 5) is 4.33. The topological polar surface area (TPSA) is 24.9 Å². The van der Waals surface area contributed by atoms with Crippen LogP contribution in [0.25, 0.3) is 0 Å². The molecule has 0 radical (unpaired) electrons. The number of rotatable bonds is 3. The minimum atomic E-state index is 0.0867. The fourth-order valence-electron chi connectivity index (χ4n) is 1.63. The van der Waals surface area contributed by atoms with E-state index in [9.17, 15) is 0 Å². The number of halogens is 3. The third kappa shape index (κ3) is 3.25. The molecule has 0 saturated heterocycles. The Labute approximate surface area is 128 Å². The molecule has 0 aliphatic rings. The van der Waals surface area contributed by atoms with E-state index in [1.165, 1.54) is 0 Å². The van der Waals surface area contributed by atoms with Crippen LogP contribution in [0.4, 0.5) is 5.82 Å². The van der Waals surface area contributed by atoms with Crippen LogP contribution >= 0.6 is 43.5 Å². The third-order valence-electron chi connectivity index (χ3n) is 2.53. The lowest BCUT2D eigenvalue weighted by Crippen LogP contribution is -2.08. The summed E-state index contributed by atoms with van der Waals surface area (Å²) in [6, 6.07) is 9.83. The van der Waals surface area contributed by atoms with E-state index in [1.54, 1.807) is 6.20 Å². The molecule has 1 unspecified atom stereocenters. The number of hydrogen-bond acceptors (Lipinski definition) is 2. The second kappa shape index (κ2) is 6.04. The highest BCUT2D eigenvalue weighted by molar-refractivity contribution is 9.11. The summed E-state index contributed by atoms with van der Waals surface area (Å²) in [5.41, 5.74) is 1.05. The first-order valence-corrected chi connectivity index (χ1v) is 7.36. The van der Waals surface area contributed by atoms with Gasteiger partial charge in [-0.15, -0.1) is 0 Å². The van der Waals surface area contributed by atoms with Crippen LogP contribution in [0, 0.1) is 0 Å². The molecule has 18 heavy (non-hydrogen) atoms. The highest BCUT2D eigenvalue weighted by atomic mass is 79.9. The number of hydrogen-bond donors (Lipinski definition) is 1. The molecule has 1 N–H and O–H groups in total. The molecule has 94 valence electrons. The molecule has 5 heteroatoms. The molecule has 2 nitrogen and oxygen atoms in total. The van der Waals surface area contributed by atoms with Gasteiger partial charge in [-0.1, -0.05) is 29.8 Å². The van der Waals surface area contributed by atoms with Gasteiger partial charge in [0.25, 0.3) is 0 Å². The Hall–Kier alpha value is -0.580. The van der Waals surface area contributed by atoms with E-state index in [4.69, 9.17) is 11.6 Å². The van der Waals surface area contributed by atoms with Gasteiger partial charge in [-0.05, 0) is 56.5 Å². The first-order chi connectivity index (χ1) is 8.58. The van der Waals surface area contributed by atoms with Crippen LogP contribution in [0.3, 0.4) is 0 Å². The van der Waals surface area contributed by atoms with E-state index in [-0.39, 0.29) is 6.04 Å². The van der Waals surface area contributed by atoms with Crippen molar-refractivity contribution in [1.82, 2.24) is 4.98 Å². The van der Waals surface area contributed by atoms with Crippen molar-refractivity contribution in [2.45, 2.75) is 13.0 Å². The monoisotopic (exact) mass is 388 g/mol. The van der Waals surface area contributed by atoms with Crippen LogP contribution in [0.2, 0.25) is 5.02 Å². The van der Waals surface area contributed by atoms with Crippen molar-refractivity contribution in [3.63, 3.8) is 0 Å². The molecular weight excluding hydrogens is 379 g/mol. The van der Waals surface area contributed by atoms with Gasteiger partial charge in [-0.3, -0.25) is 0 Å². The van der Waals surface area contributed by atoms with Crippen molar-refractivity contribution >= 4 is 49.3 Å². The number of nitrogens with zero attached hydrogens (tertiary/aromatic N) is 1. The Kier molecular flexibility index (Phi) is 4.65. The van der Waals surface area contributed by atoms with Crippen molar-refractivity contribution in [2.24, 2.45) is 0 Å². The predicted molar refractivity (Wildman–Crippen MR) is 83.1 cm³/mol. The van der Waals surface area contributed by atoms with Crippen LogP contribution in [0.1, 0.15) is 18.5 Å². The van der Waals surface area contributed by atoms with Gasteiger partial charge < -0.3 is 5.32 Å². The van der Waals surface area contributed by atoms with Gasteiger partial charge in [0.05, 0.1) is 10.5 Å². The van der Waals surface area contributed by atoms with Gasteiger partial charge in [0, 0.05) is 15.7 Å². The van der Waals surface area contributed by atoms with E-state index >= 15 is 0 Å². The summed E-state index contributed by atoms with van der Waals surface area (Å²) >= 11 is 13.0. The van der Waals surface area contributed by atoms with Gasteiger partial charge >= 0.3 is 0 Å². The van der Waals surface area contributed by atoms with E-state index < -0.39 is 0 Å². The summed E-state index contributed by atoms with van der Waals surface area (Å²) in [5, 5.41) is 4.09. The molecule has 0 saturated carbocycles. The normalized spacial score (nSPS) is 12.2. The molecule has 0 aliphatic carbocycles. The Morgan fingerprint density at radius 2 is 2.00 bits per heavy atom. The lowest BCUT2D eigenvalue weighted by atomic mass is 10.1. The first kappa shape index (κ1) is 13.8. The highest BCUT2D eigenvalue weighted by Crippen LogP contribution is 2.29. The Morgan fingerprint density at radius 3 is 2.67 bits per heavy atom. The standard InChI is InChI=1S/C13H11Br2ClN2/c1-8(10-4-2-3-5-12(10)16)18-13-11(15)6-9(14)7-17-13/h2-8H,1H3,(H,17,18). The summed E-state index contributed by atoms with van der Waals surface area (Å²) in [7, 11) is 0. The SMILES string of the molecule is CC(Nc1ncc(Br)cc1Br)c1ccccc1Cl. The molecule has 1 aromatic heterocycles. The Morgan fingerprint density at radius 1 is 1.28 bits per heavy atom. The smallest absolute Gasteiger partial charge is 0.140 e. The average molecular weight is 391 g/mol. The van der Waals surface area contributed by atoms with E-state index in [2.05, 4.69) is 49.1 Å². The highest BCUT2D eigenvalue weighted by Gasteiger charge is 2.11. The molecule has 2 rings (SSSR count). The number of nitrogens with one attached hydrogen (secondary N) is 1. The third-order valence-corrected chi connectivity index (χ3v) is 3.92. The van der Waals surface area contributed by atoms with E-state index in [1.807, 2.05) is 30.3 Å². The first-order valence-electron chi connectivity index (χ1n) is 5.40. The fraction of sp³-hybridized carbons (Fsp3) is 0.154. The molecule has 0 spiro atoms. The van der Waals surface area contributed by atoms with Gasteiger partial charge in [-0.2, -0.15) is 0 Å². The van der Waals surface area contributed by atoms with Gasteiger partial charge in [0.1, 0.15) is 5.82 Å². The van der Waals surface area contributed by atoms with Crippen LogP contribution < -0.4 is 5.32 Å². The van der Waals surface area contributed by atoms with Gasteiger partial charge in [-0.25, -0.2) is 4.98 Å². The summed E-state index contributed by atoms with van der Waals surface area (Å²) < 4.78 is 1.85. The average Bonchev–Trinajstić information content (AvgIpc) is 2.33. The maximum Gasteiger partial charge on any atom is 0.140 e. The maximum atomic E-state index is 6.17. The Bertz CT molecular complexity index is 560. The maximum absolute atomic E-state index is 6.17. The summed E-state index contributed by atoms with van der Waals surface area (Å²) in [6.45, 7) is 2.05. The molecule has 1 aromatic carbocycles. The molecule has 0 bridgehead atoms. The summed E-state index contributed by atoms with van der Waals surface area (Å²) in [6.07, 6.45) is 1.76. The predicted octanol–water partition coefficient (Wildman–Crippen LogP) is 5.43. The Balaban J connectivity index is 2.21. The molecule has 1 heterocycles. The lowest BCUT2D eigenvalue weighted by Gasteiger charge is -2.17. The number of aromatic nitrogens is 1. The molecule has 1 atom stereocenters. The van der Waals surface area contributed by atoms with Gasteiger partial charge in [0.2, 0.25) is 0 Å². The van der Waals surface area contributed by atoms with E-state index in [0.717, 1.165) is 25.3 Å². The number of pyridine rings is 1. The van der Waals surface area contributed by atoms with Crippen molar-refractivity contribution < 1.29 is 0 Å². The van der Waals surface area contributed by atoms with Crippen LogP contribution in [-0.4, -0.2) is 4.98 Å². The molecule has 0 aliphatic heterocycles. The molecule has 0 fully saturated rings.